The van der Waals surface area contributed by atoms with E-state index in [2.05, 4.69) is 52.3 Å². The minimum atomic E-state index is -1.01. The van der Waals surface area contributed by atoms with Crippen molar-refractivity contribution in [2.75, 3.05) is 56.6 Å². The SMILES string of the molecule is CCN(C(=O)C1(c2nc3c(c(N4CCN(C(=O)O)[C@@H](CC#N)C4)n2)CCN(c2cccc4ccccc24)C3)CC1)N(C)C. The molecule has 1 aliphatic carbocycles. The molecule has 1 saturated heterocycles. The lowest BCUT2D eigenvalue weighted by Crippen LogP contribution is -2.55. The lowest BCUT2D eigenvalue weighted by Gasteiger charge is -2.41. The number of aromatic nitrogens is 2. The molecule has 1 atom stereocenters. The van der Waals surface area contributed by atoms with Crippen LogP contribution >= 0.6 is 0 Å². The molecule has 6 rings (SSSR count). The van der Waals surface area contributed by atoms with Gasteiger partial charge in [0.05, 0.1) is 30.8 Å². The fourth-order valence-electron chi connectivity index (χ4n) is 6.67. The number of fused-ring (bicyclic) bond motifs is 2. The standard InChI is InChI=1S/C32H38N8O3/c1-4-40(36(2)3)30(41)32(14-15-32)29-34-26-21-37(27-11-7-9-22-8-5-6-10-24(22)27)17-13-25(26)28(35-29)38-18-19-39(31(42)43)23(20-38)12-16-33/h5-11,23H,4,12-15,17-21H2,1-3H3,(H,42,43)/t23-/m0/s1. The Hall–Kier alpha value is -4.43. The van der Waals surface area contributed by atoms with Crippen LogP contribution in [0.4, 0.5) is 16.3 Å². The number of hydrazine groups is 1. The summed E-state index contributed by atoms with van der Waals surface area (Å²) < 4.78 is 0. The summed E-state index contributed by atoms with van der Waals surface area (Å²) >= 11 is 0. The van der Waals surface area contributed by atoms with Crippen molar-refractivity contribution in [1.29, 1.82) is 5.26 Å². The van der Waals surface area contributed by atoms with Crippen LogP contribution in [0.1, 0.15) is 43.3 Å². The Morgan fingerprint density at radius 2 is 1.84 bits per heavy atom. The summed E-state index contributed by atoms with van der Waals surface area (Å²) in [6.07, 6.45) is 1.18. The van der Waals surface area contributed by atoms with Gasteiger partial charge < -0.3 is 19.8 Å². The molecule has 3 aromatic rings. The molecule has 1 saturated carbocycles. The fraction of sp³-hybridized carbons (Fsp3) is 0.469. The van der Waals surface area contributed by atoms with E-state index in [-0.39, 0.29) is 18.9 Å². The molecule has 43 heavy (non-hydrogen) atoms. The minimum absolute atomic E-state index is 0.00525. The maximum absolute atomic E-state index is 13.9. The molecule has 2 aliphatic heterocycles. The molecule has 2 amide bonds. The topological polar surface area (TPSA) is 120 Å². The first kappa shape index (κ1) is 28.7. The first-order valence-corrected chi connectivity index (χ1v) is 15.0. The van der Waals surface area contributed by atoms with E-state index in [0.29, 0.717) is 44.8 Å². The van der Waals surface area contributed by atoms with Crippen molar-refractivity contribution in [3.8, 4) is 6.07 Å². The summed E-state index contributed by atoms with van der Waals surface area (Å²) in [6, 6.07) is 16.4. The van der Waals surface area contributed by atoms with Crippen molar-refractivity contribution < 1.29 is 14.7 Å². The molecule has 1 aromatic heterocycles. The molecular weight excluding hydrogens is 544 g/mol. The highest BCUT2D eigenvalue weighted by atomic mass is 16.4. The van der Waals surface area contributed by atoms with Gasteiger partial charge in [0.25, 0.3) is 5.91 Å². The molecule has 3 heterocycles. The van der Waals surface area contributed by atoms with Gasteiger partial charge >= 0.3 is 6.09 Å². The zero-order chi connectivity index (χ0) is 30.3. The summed E-state index contributed by atoms with van der Waals surface area (Å²) in [5, 5.41) is 25.1. The Balaban J connectivity index is 1.42. The average molecular weight is 583 g/mol. The number of anilines is 2. The number of benzene rings is 2. The maximum Gasteiger partial charge on any atom is 0.407 e. The summed E-state index contributed by atoms with van der Waals surface area (Å²) in [5.41, 5.74) is 2.32. The van der Waals surface area contributed by atoms with Crippen LogP contribution in [0, 0.1) is 11.3 Å². The molecule has 11 heteroatoms. The van der Waals surface area contributed by atoms with Crippen molar-refractivity contribution in [2.45, 2.75) is 50.6 Å². The van der Waals surface area contributed by atoms with Crippen LogP contribution in [0.2, 0.25) is 0 Å². The second-order valence-electron chi connectivity index (χ2n) is 11.9. The van der Waals surface area contributed by atoms with E-state index in [1.165, 1.54) is 15.7 Å². The molecule has 224 valence electrons. The highest BCUT2D eigenvalue weighted by Crippen LogP contribution is 2.49. The van der Waals surface area contributed by atoms with E-state index >= 15 is 0 Å². The largest absolute Gasteiger partial charge is 0.465 e. The van der Waals surface area contributed by atoms with Crippen molar-refractivity contribution in [1.82, 2.24) is 24.9 Å². The van der Waals surface area contributed by atoms with E-state index in [1.54, 1.807) is 5.01 Å². The van der Waals surface area contributed by atoms with E-state index < -0.39 is 17.6 Å². The molecule has 0 unspecified atom stereocenters. The number of amides is 2. The van der Waals surface area contributed by atoms with Gasteiger partial charge in [-0.3, -0.25) is 9.80 Å². The number of carboxylic acid groups (broad SMARTS) is 1. The summed E-state index contributed by atoms with van der Waals surface area (Å²) in [6.45, 7) is 4.99. The highest BCUT2D eigenvalue weighted by Gasteiger charge is 2.56. The van der Waals surface area contributed by atoms with Gasteiger partial charge in [-0.1, -0.05) is 36.4 Å². The van der Waals surface area contributed by atoms with Crippen molar-refractivity contribution in [2.24, 2.45) is 0 Å². The third kappa shape index (κ3) is 5.10. The molecule has 0 bridgehead atoms. The predicted octanol–water partition coefficient (Wildman–Crippen LogP) is 3.63. The zero-order valence-corrected chi connectivity index (χ0v) is 25.0. The molecule has 2 fully saturated rings. The summed E-state index contributed by atoms with van der Waals surface area (Å²) in [5.74, 6) is 1.33. The Bertz CT molecular complexity index is 1590. The number of likely N-dealkylation sites (N-methyl/N-ethyl adjacent to an activating group) is 1. The van der Waals surface area contributed by atoms with E-state index in [4.69, 9.17) is 9.97 Å². The van der Waals surface area contributed by atoms with Gasteiger partial charge in [-0.05, 0) is 37.6 Å². The van der Waals surface area contributed by atoms with Crippen LogP contribution < -0.4 is 9.80 Å². The molecule has 1 N–H and O–H groups in total. The lowest BCUT2D eigenvalue weighted by atomic mass is 9.99. The second-order valence-corrected chi connectivity index (χ2v) is 11.9. The maximum atomic E-state index is 13.9. The third-order valence-corrected chi connectivity index (χ3v) is 9.11. The molecule has 0 spiro atoms. The molecule has 2 aromatic carbocycles. The Kier molecular flexibility index (Phi) is 7.56. The van der Waals surface area contributed by atoms with Crippen molar-refractivity contribution in [3.05, 3.63) is 59.5 Å². The molecule has 3 aliphatic rings. The Morgan fingerprint density at radius 1 is 1.07 bits per heavy atom. The van der Waals surface area contributed by atoms with E-state index in [0.717, 1.165) is 35.7 Å². The first-order chi connectivity index (χ1) is 20.8. The van der Waals surface area contributed by atoms with Crippen LogP contribution in [0.3, 0.4) is 0 Å². The first-order valence-electron chi connectivity index (χ1n) is 15.0. The molecule has 11 nitrogen and oxygen atoms in total. The normalized spacial score (nSPS) is 19.2. The van der Waals surface area contributed by atoms with Gasteiger partial charge in [0.15, 0.2) is 0 Å². The fourth-order valence-corrected chi connectivity index (χ4v) is 6.67. The van der Waals surface area contributed by atoms with E-state index in [1.807, 2.05) is 32.1 Å². The van der Waals surface area contributed by atoms with Gasteiger partial charge in [-0.15, -0.1) is 0 Å². The lowest BCUT2D eigenvalue weighted by molar-refractivity contribution is -0.147. The number of rotatable bonds is 7. The number of hydrogen-bond acceptors (Lipinski definition) is 8. The third-order valence-electron chi connectivity index (χ3n) is 9.11. The predicted molar refractivity (Wildman–Crippen MR) is 164 cm³/mol. The average Bonchev–Trinajstić information content (AvgIpc) is 3.82. The Labute approximate surface area is 251 Å². The van der Waals surface area contributed by atoms with Crippen LogP contribution in [0.15, 0.2) is 42.5 Å². The summed E-state index contributed by atoms with van der Waals surface area (Å²) in [4.78, 5) is 41.9. The van der Waals surface area contributed by atoms with Crippen LogP contribution in [0.25, 0.3) is 10.8 Å². The smallest absolute Gasteiger partial charge is 0.407 e. The number of nitrogens with zero attached hydrogens (tertiary/aromatic N) is 8. The van der Waals surface area contributed by atoms with Gasteiger partial charge in [0, 0.05) is 63.5 Å². The van der Waals surface area contributed by atoms with Crippen molar-refractivity contribution >= 4 is 34.3 Å². The second kappa shape index (κ2) is 11.3. The van der Waals surface area contributed by atoms with Crippen LogP contribution in [-0.4, -0.2) is 94.9 Å². The van der Waals surface area contributed by atoms with Crippen molar-refractivity contribution in [3.63, 3.8) is 0 Å². The summed E-state index contributed by atoms with van der Waals surface area (Å²) in [7, 11) is 3.74. The minimum Gasteiger partial charge on any atom is -0.465 e. The Morgan fingerprint density at radius 3 is 2.53 bits per heavy atom. The van der Waals surface area contributed by atoms with Gasteiger partial charge in [0.2, 0.25) is 0 Å². The van der Waals surface area contributed by atoms with Crippen LogP contribution in [0.5, 0.6) is 0 Å². The van der Waals surface area contributed by atoms with Gasteiger partial charge in [0.1, 0.15) is 17.1 Å². The number of carbonyl (C=O) groups is 2. The van der Waals surface area contributed by atoms with E-state index in [9.17, 15) is 20.0 Å². The number of hydrogen-bond donors (Lipinski definition) is 1. The zero-order valence-electron chi connectivity index (χ0n) is 25.0. The quantitative estimate of drug-likeness (QED) is 0.417. The van der Waals surface area contributed by atoms with Crippen LogP contribution in [-0.2, 0) is 23.2 Å². The molecular formula is C32H38N8O3. The van der Waals surface area contributed by atoms with Gasteiger partial charge in [-0.2, -0.15) is 5.26 Å². The van der Waals surface area contributed by atoms with Gasteiger partial charge in [-0.25, -0.2) is 19.8 Å². The number of nitriles is 1. The highest BCUT2D eigenvalue weighted by molar-refractivity contribution is 5.94. The monoisotopic (exact) mass is 582 g/mol. The molecule has 0 radical (unpaired) electrons. The number of piperazine rings is 1. The number of carbonyl (C=O) groups excluding carboxylic acids is 1.